The summed E-state index contributed by atoms with van der Waals surface area (Å²) in [5, 5.41) is 31.4. The molecular weight excluding hydrogens is 380 g/mol. The summed E-state index contributed by atoms with van der Waals surface area (Å²) in [6.07, 6.45) is 11.3. The number of aliphatic hydroxyl groups is 3. The van der Waals surface area contributed by atoms with E-state index >= 15 is 0 Å². The van der Waals surface area contributed by atoms with Gasteiger partial charge in [-0.15, -0.1) is 0 Å². The summed E-state index contributed by atoms with van der Waals surface area (Å²) < 4.78 is 1.52. The fraction of sp³-hybridized carbons (Fsp3) is 0.542. The van der Waals surface area contributed by atoms with Crippen molar-refractivity contribution in [2.24, 2.45) is 11.8 Å². The molecule has 3 N–H and O–H groups in total. The van der Waals surface area contributed by atoms with Crippen LogP contribution in [0.4, 0.5) is 0 Å². The van der Waals surface area contributed by atoms with Gasteiger partial charge < -0.3 is 24.8 Å². The summed E-state index contributed by atoms with van der Waals surface area (Å²) in [5.41, 5.74) is 1.81. The van der Waals surface area contributed by atoms with Gasteiger partial charge in [-0.25, -0.2) is 0 Å². The summed E-state index contributed by atoms with van der Waals surface area (Å²) in [4.78, 5) is 13.9. The quantitative estimate of drug-likeness (QED) is 0.523. The third kappa shape index (κ3) is 4.39. The van der Waals surface area contributed by atoms with Gasteiger partial charge in [0.15, 0.2) is 12.3 Å². The second kappa shape index (κ2) is 9.22. The molecule has 5 atom stereocenters. The van der Waals surface area contributed by atoms with Crippen LogP contribution in [-0.4, -0.2) is 56.0 Å². The van der Waals surface area contributed by atoms with E-state index in [9.17, 15) is 20.1 Å². The molecular formula is C24H30N2O4. The summed E-state index contributed by atoms with van der Waals surface area (Å²) in [7, 11) is 0. The number of hydrogen-bond acceptors (Lipinski definition) is 4. The molecule has 0 radical (unpaired) electrons. The average Bonchev–Trinajstić information content (AvgIpc) is 3.46. The van der Waals surface area contributed by atoms with Crippen molar-refractivity contribution in [3.63, 3.8) is 0 Å². The van der Waals surface area contributed by atoms with Gasteiger partial charge in [-0.1, -0.05) is 30.1 Å². The predicted molar refractivity (Wildman–Crippen MR) is 114 cm³/mol. The third-order valence-electron chi connectivity index (χ3n) is 6.26. The van der Waals surface area contributed by atoms with Crippen LogP contribution in [0.2, 0.25) is 0 Å². The van der Waals surface area contributed by atoms with E-state index in [2.05, 4.69) is 24.0 Å². The van der Waals surface area contributed by atoms with Crippen molar-refractivity contribution in [1.29, 1.82) is 0 Å². The van der Waals surface area contributed by atoms with Crippen LogP contribution in [0.5, 0.6) is 0 Å². The first-order valence-electron chi connectivity index (χ1n) is 10.9. The number of likely N-dealkylation sites (tertiary alicyclic amines) is 1. The van der Waals surface area contributed by atoms with Gasteiger partial charge in [0, 0.05) is 36.8 Å². The van der Waals surface area contributed by atoms with Crippen LogP contribution in [0.15, 0.2) is 30.5 Å². The Morgan fingerprint density at radius 3 is 2.57 bits per heavy atom. The minimum absolute atomic E-state index is 0.119. The summed E-state index contributed by atoms with van der Waals surface area (Å²) in [5.74, 6) is 6.65. The Bertz CT molecular complexity index is 885. The molecule has 2 heterocycles. The monoisotopic (exact) mass is 410 g/mol. The highest BCUT2D eigenvalue weighted by Crippen LogP contribution is 2.28. The van der Waals surface area contributed by atoms with Crippen molar-refractivity contribution in [2.45, 2.75) is 57.0 Å². The lowest BCUT2D eigenvalue weighted by Gasteiger charge is -2.28. The molecule has 1 saturated heterocycles. The lowest BCUT2D eigenvalue weighted by atomic mass is 9.92. The second-order valence-electron chi connectivity index (χ2n) is 8.44. The Morgan fingerprint density at radius 1 is 1.07 bits per heavy atom. The molecule has 3 aliphatic rings. The average molecular weight is 411 g/mol. The van der Waals surface area contributed by atoms with Crippen molar-refractivity contribution in [3.05, 3.63) is 41.7 Å². The summed E-state index contributed by atoms with van der Waals surface area (Å²) >= 11 is 0. The third-order valence-corrected chi connectivity index (χ3v) is 6.26. The zero-order chi connectivity index (χ0) is 21.1. The number of carbonyl (C=O) groups excluding carboxylic acids is 1. The van der Waals surface area contributed by atoms with Crippen LogP contribution in [0.25, 0.3) is 6.08 Å². The van der Waals surface area contributed by atoms with Crippen molar-refractivity contribution in [3.8, 4) is 11.8 Å². The molecule has 0 aromatic carbocycles. The number of nitrogens with zero attached hydrogens (tertiary/aromatic N) is 2. The highest BCUT2D eigenvalue weighted by atomic mass is 16.4. The van der Waals surface area contributed by atoms with Gasteiger partial charge in [0.2, 0.25) is 0 Å². The molecule has 1 aliphatic heterocycles. The minimum Gasteiger partial charge on any atom is -0.385 e. The molecule has 30 heavy (non-hydrogen) atoms. The highest BCUT2D eigenvalue weighted by Gasteiger charge is 2.35. The molecule has 2 aliphatic carbocycles. The van der Waals surface area contributed by atoms with Gasteiger partial charge in [-0.3, -0.25) is 4.79 Å². The maximum atomic E-state index is 12.4. The Balaban J connectivity index is 1.42. The number of aromatic nitrogens is 1. The van der Waals surface area contributed by atoms with E-state index in [1.165, 1.54) is 15.9 Å². The molecule has 6 nitrogen and oxygen atoms in total. The fourth-order valence-electron chi connectivity index (χ4n) is 4.45. The molecule has 160 valence electrons. The van der Waals surface area contributed by atoms with Crippen LogP contribution >= 0.6 is 0 Å². The highest BCUT2D eigenvalue weighted by molar-refractivity contribution is 5.81. The number of carbonyl (C=O) groups is 1. The van der Waals surface area contributed by atoms with Crippen LogP contribution in [0, 0.1) is 23.7 Å². The molecule has 1 fully saturated rings. The molecule has 0 spiro atoms. The van der Waals surface area contributed by atoms with E-state index in [-0.39, 0.29) is 5.92 Å². The second-order valence-corrected chi connectivity index (χ2v) is 8.44. The van der Waals surface area contributed by atoms with Crippen molar-refractivity contribution >= 4 is 12.0 Å². The van der Waals surface area contributed by atoms with Gasteiger partial charge in [-0.05, 0) is 56.2 Å². The molecule has 4 unspecified atom stereocenters. The van der Waals surface area contributed by atoms with Gasteiger partial charge in [0.1, 0.15) is 6.10 Å². The number of amides is 1. The Morgan fingerprint density at radius 2 is 1.83 bits per heavy atom. The lowest BCUT2D eigenvalue weighted by Crippen LogP contribution is -2.47. The number of fused-ring (bicyclic) bond motifs is 1. The Kier molecular flexibility index (Phi) is 6.43. The molecule has 0 saturated carbocycles. The molecule has 6 heteroatoms. The number of hydrogen-bond donors (Lipinski definition) is 3. The van der Waals surface area contributed by atoms with E-state index in [0.717, 1.165) is 43.4 Å². The number of allylic oxidation sites excluding steroid dienone is 3. The lowest BCUT2D eigenvalue weighted by molar-refractivity contribution is -0.154. The van der Waals surface area contributed by atoms with E-state index < -0.39 is 24.3 Å². The first-order chi connectivity index (χ1) is 14.5. The van der Waals surface area contributed by atoms with Gasteiger partial charge in [-0.2, -0.15) is 0 Å². The zero-order valence-corrected chi connectivity index (χ0v) is 17.2. The standard InChI is InChI=1S/C24H30N2O4/c27-21(23(29)25-13-4-5-14-25)22(28)24(30)26-15-12-19-16-18(10-11-20(19)26)9-8-17-6-2-1-3-7-17/h2,6,10-12,15,17-18,21-22,24,27-28,30H,1,3-5,7,13-14,16H2/t17?,18?,21?,22-,24?/m1/s1. The van der Waals surface area contributed by atoms with Crippen molar-refractivity contribution in [2.75, 3.05) is 13.1 Å². The molecule has 1 amide bonds. The van der Waals surface area contributed by atoms with E-state index in [0.29, 0.717) is 19.0 Å². The van der Waals surface area contributed by atoms with E-state index in [1.54, 1.807) is 6.20 Å². The minimum atomic E-state index is -1.65. The predicted octanol–water partition coefficient (Wildman–Crippen LogP) is 1.87. The van der Waals surface area contributed by atoms with Crippen molar-refractivity contribution < 1.29 is 20.1 Å². The molecule has 4 rings (SSSR count). The smallest absolute Gasteiger partial charge is 0.254 e. The Labute approximate surface area is 177 Å². The fourth-order valence-corrected chi connectivity index (χ4v) is 4.45. The van der Waals surface area contributed by atoms with Crippen LogP contribution in [0.3, 0.4) is 0 Å². The van der Waals surface area contributed by atoms with Gasteiger partial charge in [0.05, 0.1) is 0 Å². The number of aliphatic hydroxyl groups excluding tert-OH is 3. The molecule has 1 aromatic rings. The van der Waals surface area contributed by atoms with Gasteiger partial charge in [0.25, 0.3) is 5.91 Å². The SMILES string of the molecule is O=C(C(O)[C@@H](O)C(O)n1ccc2c1C=CC(C#CC1C=CCCC1)C2)N1CCCC1. The van der Waals surface area contributed by atoms with Gasteiger partial charge >= 0.3 is 0 Å². The molecule has 1 aromatic heterocycles. The van der Waals surface area contributed by atoms with Crippen LogP contribution < -0.4 is 0 Å². The first kappa shape index (κ1) is 20.9. The number of rotatable bonds is 4. The summed E-state index contributed by atoms with van der Waals surface area (Å²) in [6.45, 7) is 1.17. The van der Waals surface area contributed by atoms with Crippen LogP contribution in [0.1, 0.15) is 49.6 Å². The van der Waals surface area contributed by atoms with Crippen LogP contribution in [-0.2, 0) is 11.2 Å². The van der Waals surface area contributed by atoms with E-state index in [1.807, 2.05) is 18.2 Å². The largest absolute Gasteiger partial charge is 0.385 e. The maximum absolute atomic E-state index is 12.4. The summed E-state index contributed by atoms with van der Waals surface area (Å²) in [6, 6.07) is 1.90. The first-order valence-corrected chi connectivity index (χ1v) is 10.9. The Hall–Kier alpha value is -2.33. The maximum Gasteiger partial charge on any atom is 0.254 e. The normalized spacial score (nSPS) is 25.9. The molecule has 0 bridgehead atoms. The van der Waals surface area contributed by atoms with Crippen molar-refractivity contribution in [1.82, 2.24) is 9.47 Å². The zero-order valence-electron chi connectivity index (χ0n) is 17.2. The van der Waals surface area contributed by atoms with E-state index in [4.69, 9.17) is 0 Å². The topological polar surface area (TPSA) is 85.9 Å².